The molecular formula is C17H25F3N4O. The standard InChI is InChI=1S/C17H25F3N4O/c1-2-21-16(24-14-6-4-3-5-7-14)23-11-13-8-9-15(22-10-13)25-12-17(18,19)20/h8-10,14H,2-7,11-12H2,1H3,(H2,21,23,24). The van der Waals surface area contributed by atoms with Gasteiger partial charge in [-0.2, -0.15) is 13.2 Å². The van der Waals surface area contributed by atoms with Crippen LogP contribution in [0, 0.1) is 0 Å². The number of alkyl halides is 3. The monoisotopic (exact) mass is 358 g/mol. The van der Waals surface area contributed by atoms with E-state index in [1.807, 2.05) is 6.92 Å². The fourth-order valence-electron chi connectivity index (χ4n) is 2.68. The van der Waals surface area contributed by atoms with Crippen LogP contribution in [-0.2, 0) is 6.54 Å². The van der Waals surface area contributed by atoms with Gasteiger partial charge in [-0.15, -0.1) is 0 Å². The summed E-state index contributed by atoms with van der Waals surface area (Å²) in [4.78, 5) is 8.42. The molecule has 0 aliphatic heterocycles. The highest BCUT2D eigenvalue weighted by molar-refractivity contribution is 5.80. The molecule has 1 aliphatic rings. The molecule has 0 aromatic carbocycles. The zero-order valence-electron chi connectivity index (χ0n) is 14.4. The SMILES string of the molecule is CCNC(=NCc1ccc(OCC(F)(F)F)nc1)NC1CCCCC1. The van der Waals surface area contributed by atoms with E-state index in [0.717, 1.165) is 30.9 Å². The summed E-state index contributed by atoms with van der Waals surface area (Å²) >= 11 is 0. The van der Waals surface area contributed by atoms with E-state index in [0.29, 0.717) is 12.6 Å². The Balaban J connectivity index is 1.88. The summed E-state index contributed by atoms with van der Waals surface area (Å²) < 4.78 is 40.9. The first-order valence-electron chi connectivity index (χ1n) is 8.65. The van der Waals surface area contributed by atoms with Gasteiger partial charge < -0.3 is 15.4 Å². The lowest BCUT2D eigenvalue weighted by atomic mass is 9.96. The fraction of sp³-hybridized carbons (Fsp3) is 0.647. The highest BCUT2D eigenvalue weighted by atomic mass is 19.4. The molecule has 1 saturated carbocycles. The van der Waals surface area contributed by atoms with Crippen LogP contribution in [0.1, 0.15) is 44.6 Å². The van der Waals surface area contributed by atoms with Crippen LogP contribution in [0.2, 0.25) is 0 Å². The summed E-state index contributed by atoms with van der Waals surface area (Å²) in [5.41, 5.74) is 0.806. The van der Waals surface area contributed by atoms with Crippen molar-refractivity contribution in [3.63, 3.8) is 0 Å². The number of pyridine rings is 1. The predicted octanol–water partition coefficient (Wildman–Crippen LogP) is 3.41. The first-order valence-corrected chi connectivity index (χ1v) is 8.65. The summed E-state index contributed by atoms with van der Waals surface area (Å²) in [5, 5.41) is 6.66. The van der Waals surface area contributed by atoms with Crippen LogP contribution < -0.4 is 15.4 Å². The van der Waals surface area contributed by atoms with Gasteiger partial charge >= 0.3 is 6.18 Å². The van der Waals surface area contributed by atoms with E-state index < -0.39 is 12.8 Å². The lowest BCUT2D eigenvalue weighted by Gasteiger charge is -2.24. The molecular weight excluding hydrogens is 333 g/mol. The Morgan fingerprint density at radius 2 is 2.04 bits per heavy atom. The summed E-state index contributed by atoms with van der Waals surface area (Å²) in [6.07, 6.45) is 3.19. The predicted molar refractivity (Wildman–Crippen MR) is 90.6 cm³/mol. The van der Waals surface area contributed by atoms with Crippen LogP contribution in [-0.4, -0.2) is 36.3 Å². The average molecular weight is 358 g/mol. The topological polar surface area (TPSA) is 58.5 Å². The second kappa shape index (κ2) is 9.48. The van der Waals surface area contributed by atoms with Gasteiger partial charge in [0.25, 0.3) is 0 Å². The number of ether oxygens (including phenoxy) is 1. The minimum absolute atomic E-state index is 0.0442. The molecule has 0 atom stereocenters. The van der Waals surface area contributed by atoms with Crippen molar-refractivity contribution in [1.29, 1.82) is 0 Å². The van der Waals surface area contributed by atoms with E-state index in [2.05, 4.69) is 25.3 Å². The Hall–Kier alpha value is -1.99. The van der Waals surface area contributed by atoms with Crippen molar-refractivity contribution in [2.45, 2.75) is 57.8 Å². The number of rotatable bonds is 6. The number of hydrogen-bond donors (Lipinski definition) is 2. The number of aromatic nitrogens is 1. The minimum atomic E-state index is -4.36. The maximum absolute atomic E-state index is 12.1. The quantitative estimate of drug-likeness (QED) is 0.604. The molecule has 1 aromatic rings. The molecule has 8 heteroatoms. The van der Waals surface area contributed by atoms with E-state index in [-0.39, 0.29) is 5.88 Å². The molecule has 0 amide bonds. The van der Waals surface area contributed by atoms with Crippen molar-refractivity contribution in [3.05, 3.63) is 23.9 Å². The molecule has 0 unspecified atom stereocenters. The van der Waals surface area contributed by atoms with Gasteiger partial charge in [-0.1, -0.05) is 25.3 Å². The number of aliphatic imine (C=N–C) groups is 1. The summed E-state index contributed by atoms with van der Waals surface area (Å²) in [6.45, 7) is 1.83. The average Bonchev–Trinajstić information content (AvgIpc) is 2.59. The summed E-state index contributed by atoms with van der Waals surface area (Å²) in [6, 6.07) is 3.55. The van der Waals surface area contributed by atoms with Crippen molar-refractivity contribution in [1.82, 2.24) is 15.6 Å². The van der Waals surface area contributed by atoms with E-state index in [4.69, 9.17) is 0 Å². The van der Waals surface area contributed by atoms with Crippen molar-refractivity contribution < 1.29 is 17.9 Å². The zero-order valence-corrected chi connectivity index (χ0v) is 14.4. The molecule has 1 heterocycles. The summed E-state index contributed by atoms with van der Waals surface area (Å²) in [5.74, 6) is 0.712. The first kappa shape index (κ1) is 19.3. The fourth-order valence-corrected chi connectivity index (χ4v) is 2.68. The van der Waals surface area contributed by atoms with Gasteiger partial charge in [-0.25, -0.2) is 9.98 Å². The van der Waals surface area contributed by atoms with Gasteiger partial charge in [0.1, 0.15) is 0 Å². The van der Waals surface area contributed by atoms with Crippen molar-refractivity contribution in [2.24, 2.45) is 4.99 Å². The molecule has 1 fully saturated rings. The number of hydrogen-bond acceptors (Lipinski definition) is 3. The molecule has 25 heavy (non-hydrogen) atoms. The van der Waals surface area contributed by atoms with Crippen molar-refractivity contribution in [3.8, 4) is 5.88 Å². The third kappa shape index (κ3) is 7.62. The molecule has 0 bridgehead atoms. The Morgan fingerprint density at radius 1 is 1.28 bits per heavy atom. The Morgan fingerprint density at radius 3 is 2.64 bits per heavy atom. The molecule has 5 nitrogen and oxygen atoms in total. The molecule has 140 valence electrons. The minimum Gasteiger partial charge on any atom is -0.468 e. The highest BCUT2D eigenvalue weighted by Gasteiger charge is 2.28. The van der Waals surface area contributed by atoms with E-state index in [9.17, 15) is 13.2 Å². The second-order valence-corrected chi connectivity index (χ2v) is 6.08. The largest absolute Gasteiger partial charge is 0.468 e. The maximum Gasteiger partial charge on any atom is 0.422 e. The first-order chi connectivity index (χ1) is 12.0. The molecule has 2 N–H and O–H groups in total. The molecule has 1 aromatic heterocycles. The van der Waals surface area contributed by atoms with Crippen LogP contribution >= 0.6 is 0 Å². The zero-order chi connectivity index (χ0) is 18.1. The third-order valence-electron chi connectivity index (χ3n) is 3.89. The van der Waals surface area contributed by atoms with Crippen LogP contribution in [0.25, 0.3) is 0 Å². The van der Waals surface area contributed by atoms with E-state index in [1.54, 1.807) is 6.07 Å². The van der Waals surface area contributed by atoms with E-state index >= 15 is 0 Å². The van der Waals surface area contributed by atoms with Crippen LogP contribution in [0.4, 0.5) is 13.2 Å². The number of guanidine groups is 1. The molecule has 2 rings (SSSR count). The lowest BCUT2D eigenvalue weighted by molar-refractivity contribution is -0.154. The number of halogens is 3. The smallest absolute Gasteiger partial charge is 0.422 e. The normalized spacial score (nSPS) is 16.6. The highest BCUT2D eigenvalue weighted by Crippen LogP contribution is 2.18. The maximum atomic E-state index is 12.1. The van der Waals surface area contributed by atoms with Gasteiger partial charge in [0.15, 0.2) is 12.6 Å². The summed E-state index contributed by atoms with van der Waals surface area (Å²) in [7, 11) is 0. The van der Waals surface area contributed by atoms with Crippen LogP contribution in [0.3, 0.4) is 0 Å². The van der Waals surface area contributed by atoms with Gasteiger partial charge in [-0.05, 0) is 25.3 Å². The Bertz CT molecular complexity index is 540. The lowest BCUT2D eigenvalue weighted by Crippen LogP contribution is -2.44. The van der Waals surface area contributed by atoms with Crippen molar-refractivity contribution >= 4 is 5.96 Å². The van der Waals surface area contributed by atoms with Crippen molar-refractivity contribution in [2.75, 3.05) is 13.2 Å². The number of nitrogens with one attached hydrogen (secondary N) is 2. The van der Waals surface area contributed by atoms with E-state index in [1.165, 1.54) is 31.5 Å². The van der Waals surface area contributed by atoms with Gasteiger partial charge in [0.05, 0.1) is 6.54 Å². The van der Waals surface area contributed by atoms with Crippen LogP contribution in [0.5, 0.6) is 5.88 Å². The Labute approximate surface area is 146 Å². The van der Waals surface area contributed by atoms with Gasteiger partial charge in [0, 0.05) is 24.8 Å². The Kier molecular flexibility index (Phi) is 7.33. The molecule has 1 aliphatic carbocycles. The number of nitrogens with zero attached hydrogens (tertiary/aromatic N) is 2. The second-order valence-electron chi connectivity index (χ2n) is 6.08. The molecule has 0 saturated heterocycles. The van der Waals surface area contributed by atoms with Gasteiger partial charge in [-0.3, -0.25) is 0 Å². The molecule has 0 spiro atoms. The van der Waals surface area contributed by atoms with Crippen LogP contribution in [0.15, 0.2) is 23.3 Å². The van der Waals surface area contributed by atoms with Gasteiger partial charge in [0.2, 0.25) is 5.88 Å². The third-order valence-corrected chi connectivity index (χ3v) is 3.89. The molecule has 0 radical (unpaired) electrons.